The highest BCUT2D eigenvalue weighted by molar-refractivity contribution is 6.33. The number of hydrogen-bond donors (Lipinski definition) is 1. The number of pyridine rings is 1. The monoisotopic (exact) mass is 364 g/mol. The summed E-state index contributed by atoms with van der Waals surface area (Å²) in [5, 5.41) is 8.91. The molecular formula is C20H20N4O3. The van der Waals surface area contributed by atoms with E-state index in [0.29, 0.717) is 29.2 Å². The number of aromatic nitrogens is 1. The van der Waals surface area contributed by atoms with E-state index in [1.807, 2.05) is 30.3 Å². The van der Waals surface area contributed by atoms with Gasteiger partial charge < -0.3 is 10.1 Å². The number of allylic oxidation sites excluding steroid dienone is 1. The molecule has 2 aromatic rings. The first kappa shape index (κ1) is 18.3. The van der Waals surface area contributed by atoms with Crippen LogP contribution in [0.15, 0.2) is 71.2 Å². The van der Waals surface area contributed by atoms with Gasteiger partial charge in [-0.25, -0.2) is 0 Å². The summed E-state index contributed by atoms with van der Waals surface area (Å²) < 4.78 is 4.74. The number of methoxy groups -OCH3 is 1. The molecule has 0 unspecified atom stereocenters. The van der Waals surface area contributed by atoms with E-state index >= 15 is 0 Å². The van der Waals surface area contributed by atoms with Crippen LogP contribution in [0.4, 0.5) is 5.69 Å². The molecule has 3 rings (SSSR count). The van der Waals surface area contributed by atoms with Gasteiger partial charge in [-0.1, -0.05) is 24.3 Å². The second-order valence-electron chi connectivity index (χ2n) is 5.97. The Morgan fingerprint density at radius 2 is 1.96 bits per heavy atom. The molecule has 0 radical (unpaired) electrons. The number of anilines is 1. The second-order valence-corrected chi connectivity index (χ2v) is 5.97. The Kier molecular flexibility index (Phi) is 5.61. The zero-order chi connectivity index (χ0) is 19.2. The van der Waals surface area contributed by atoms with Crippen molar-refractivity contribution in [2.75, 3.05) is 12.1 Å². The third-order valence-corrected chi connectivity index (χ3v) is 4.11. The number of ether oxygens (including phenoxy) is 1. The molecule has 0 spiro atoms. The van der Waals surface area contributed by atoms with Gasteiger partial charge in [0.25, 0.3) is 5.91 Å². The first-order valence-corrected chi connectivity index (χ1v) is 8.48. The molecule has 2 heterocycles. The molecule has 0 saturated carbocycles. The largest absolute Gasteiger partial charge is 0.469 e. The molecule has 0 fully saturated rings. The van der Waals surface area contributed by atoms with Gasteiger partial charge in [0, 0.05) is 24.6 Å². The summed E-state index contributed by atoms with van der Waals surface area (Å²) in [6, 6.07) is 12.9. The summed E-state index contributed by atoms with van der Waals surface area (Å²) in [4.78, 5) is 28.8. The molecule has 1 aromatic carbocycles. The maximum Gasteiger partial charge on any atom is 0.311 e. The van der Waals surface area contributed by atoms with Gasteiger partial charge in [-0.05, 0) is 30.7 Å². The normalized spacial score (nSPS) is 15.4. The number of carbonyl (C=O) groups excluding carboxylic acids is 2. The highest BCUT2D eigenvalue weighted by Crippen LogP contribution is 2.26. The second kappa shape index (κ2) is 8.27. The maximum atomic E-state index is 13.0. The summed E-state index contributed by atoms with van der Waals surface area (Å²) in [6.45, 7) is 2.30. The molecule has 1 aliphatic rings. The quantitative estimate of drug-likeness (QED) is 0.629. The van der Waals surface area contributed by atoms with Crippen LogP contribution in [0.3, 0.4) is 0 Å². The van der Waals surface area contributed by atoms with Gasteiger partial charge in [0.05, 0.1) is 30.5 Å². The van der Waals surface area contributed by atoms with Crippen molar-refractivity contribution < 1.29 is 14.3 Å². The van der Waals surface area contributed by atoms with Gasteiger partial charge in [-0.3, -0.25) is 14.6 Å². The van der Waals surface area contributed by atoms with Crippen LogP contribution in [0.2, 0.25) is 0 Å². The van der Waals surface area contributed by atoms with Gasteiger partial charge in [-0.2, -0.15) is 10.1 Å². The lowest BCUT2D eigenvalue weighted by Gasteiger charge is -2.13. The van der Waals surface area contributed by atoms with E-state index in [4.69, 9.17) is 4.74 Å². The molecule has 27 heavy (non-hydrogen) atoms. The molecule has 1 amide bonds. The van der Waals surface area contributed by atoms with Crippen molar-refractivity contribution in [2.24, 2.45) is 5.10 Å². The number of para-hydroxylation sites is 1. The minimum Gasteiger partial charge on any atom is -0.469 e. The lowest BCUT2D eigenvalue weighted by molar-refractivity contribution is -0.139. The standard InChI is InChI=1S/C20H20N4O3/c1-14(22-13-15-7-6-10-21-12-15)19-17(11-18(25)27-2)23-24(20(19)26)16-8-4-3-5-9-16/h3-10,12,22H,11,13H2,1-2H3/b19-14-. The third-order valence-electron chi connectivity index (χ3n) is 4.11. The maximum absolute atomic E-state index is 13.0. The van der Waals surface area contributed by atoms with Crippen LogP contribution in [0.25, 0.3) is 0 Å². The lowest BCUT2D eigenvalue weighted by Crippen LogP contribution is -2.25. The molecule has 0 atom stereocenters. The van der Waals surface area contributed by atoms with E-state index in [2.05, 4.69) is 15.4 Å². The molecule has 7 heteroatoms. The Labute approximate surface area is 157 Å². The Morgan fingerprint density at radius 3 is 2.63 bits per heavy atom. The van der Waals surface area contributed by atoms with Crippen molar-refractivity contribution >= 4 is 23.3 Å². The van der Waals surface area contributed by atoms with Crippen LogP contribution in [-0.4, -0.2) is 29.7 Å². The van der Waals surface area contributed by atoms with Crippen LogP contribution >= 0.6 is 0 Å². The Balaban J connectivity index is 1.89. The summed E-state index contributed by atoms with van der Waals surface area (Å²) >= 11 is 0. The summed E-state index contributed by atoms with van der Waals surface area (Å²) in [5.74, 6) is -0.731. The van der Waals surface area contributed by atoms with Gasteiger partial charge in [0.1, 0.15) is 0 Å². The average molecular weight is 364 g/mol. The fourth-order valence-electron chi connectivity index (χ4n) is 2.72. The van der Waals surface area contributed by atoms with Crippen LogP contribution in [-0.2, 0) is 20.9 Å². The Hall–Kier alpha value is -3.48. The third kappa shape index (κ3) is 4.20. The number of hydrogen-bond acceptors (Lipinski definition) is 6. The van der Waals surface area contributed by atoms with Gasteiger partial charge in [-0.15, -0.1) is 0 Å². The number of nitrogens with zero attached hydrogens (tertiary/aromatic N) is 3. The van der Waals surface area contributed by atoms with Gasteiger partial charge >= 0.3 is 5.97 Å². The first-order chi connectivity index (χ1) is 13.1. The Bertz CT molecular complexity index is 892. The molecular weight excluding hydrogens is 344 g/mol. The lowest BCUT2D eigenvalue weighted by atomic mass is 10.1. The summed E-state index contributed by atoms with van der Waals surface area (Å²) in [7, 11) is 1.31. The minimum atomic E-state index is -0.450. The smallest absolute Gasteiger partial charge is 0.311 e. The SMILES string of the molecule is COC(=O)CC1=NN(c2ccccc2)C(=O)/C1=C(/C)NCc1cccnc1. The predicted molar refractivity (Wildman–Crippen MR) is 102 cm³/mol. The molecule has 7 nitrogen and oxygen atoms in total. The summed E-state index contributed by atoms with van der Waals surface area (Å²) in [5.41, 5.74) is 3.03. The van der Waals surface area contributed by atoms with Crippen LogP contribution in [0.1, 0.15) is 18.9 Å². The van der Waals surface area contributed by atoms with Gasteiger partial charge in [0.15, 0.2) is 0 Å². The zero-order valence-corrected chi connectivity index (χ0v) is 15.2. The Morgan fingerprint density at radius 1 is 1.19 bits per heavy atom. The topological polar surface area (TPSA) is 83.9 Å². The summed E-state index contributed by atoms with van der Waals surface area (Å²) in [6.07, 6.45) is 3.38. The zero-order valence-electron chi connectivity index (χ0n) is 15.2. The van der Waals surface area contributed by atoms with Crippen molar-refractivity contribution in [3.05, 3.63) is 71.7 Å². The molecule has 138 valence electrons. The van der Waals surface area contributed by atoms with E-state index in [0.717, 1.165) is 5.56 Å². The highest BCUT2D eigenvalue weighted by atomic mass is 16.5. The van der Waals surface area contributed by atoms with E-state index < -0.39 is 5.97 Å². The van der Waals surface area contributed by atoms with E-state index in [1.165, 1.54) is 12.1 Å². The number of benzene rings is 1. The van der Waals surface area contributed by atoms with E-state index in [1.54, 1.807) is 31.5 Å². The fourth-order valence-corrected chi connectivity index (χ4v) is 2.72. The van der Waals surface area contributed by atoms with Crippen LogP contribution < -0.4 is 10.3 Å². The average Bonchev–Trinajstić information content (AvgIpc) is 3.03. The molecule has 1 aliphatic heterocycles. The van der Waals surface area contributed by atoms with E-state index in [9.17, 15) is 9.59 Å². The van der Waals surface area contributed by atoms with Crippen molar-refractivity contribution in [3.8, 4) is 0 Å². The minimum absolute atomic E-state index is 0.0766. The van der Waals surface area contributed by atoms with Gasteiger partial charge in [0.2, 0.25) is 0 Å². The number of nitrogens with one attached hydrogen (secondary N) is 1. The molecule has 1 aromatic heterocycles. The number of esters is 1. The molecule has 0 aliphatic carbocycles. The van der Waals surface area contributed by atoms with Crippen molar-refractivity contribution in [1.29, 1.82) is 0 Å². The number of hydrazone groups is 1. The number of amides is 1. The van der Waals surface area contributed by atoms with Crippen LogP contribution in [0, 0.1) is 0 Å². The number of carbonyl (C=O) groups is 2. The highest BCUT2D eigenvalue weighted by Gasteiger charge is 2.34. The molecule has 0 saturated heterocycles. The predicted octanol–water partition coefficient (Wildman–Crippen LogP) is 2.41. The molecule has 0 bridgehead atoms. The first-order valence-electron chi connectivity index (χ1n) is 8.48. The van der Waals surface area contributed by atoms with E-state index in [-0.39, 0.29) is 12.3 Å². The van der Waals surface area contributed by atoms with Crippen molar-refractivity contribution in [3.63, 3.8) is 0 Å². The van der Waals surface area contributed by atoms with Crippen molar-refractivity contribution in [1.82, 2.24) is 10.3 Å². The van der Waals surface area contributed by atoms with Crippen molar-refractivity contribution in [2.45, 2.75) is 19.9 Å². The fraction of sp³-hybridized carbons (Fsp3) is 0.200. The number of rotatable bonds is 6. The molecule has 1 N–H and O–H groups in total. The van der Waals surface area contributed by atoms with Crippen LogP contribution in [0.5, 0.6) is 0 Å².